The van der Waals surface area contributed by atoms with Gasteiger partial charge in [-0.25, -0.2) is 0 Å². The van der Waals surface area contributed by atoms with Crippen LogP contribution in [-0.4, -0.2) is 37.2 Å². The van der Waals surface area contributed by atoms with Gasteiger partial charge in [-0.05, 0) is 11.8 Å². The Hall–Kier alpha value is -0.600. The van der Waals surface area contributed by atoms with Crippen LogP contribution in [0.5, 0.6) is 0 Å². The maximum Gasteiger partial charge on any atom is 0.0594 e. The Kier molecular flexibility index (Phi) is 5.06. The molecule has 1 saturated heterocycles. The molecule has 0 amide bonds. The molecule has 0 aromatic heterocycles. The van der Waals surface area contributed by atoms with E-state index in [1.807, 2.05) is 12.2 Å². The molecule has 15 heavy (non-hydrogen) atoms. The Morgan fingerprint density at radius 2 is 1.53 bits per heavy atom. The number of hydrogen-bond acceptors (Lipinski definition) is 2. The van der Waals surface area contributed by atoms with Gasteiger partial charge >= 0.3 is 0 Å². The minimum absolute atomic E-state index is 0.496. The van der Waals surface area contributed by atoms with Gasteiger partial charge < -0.3 is 4.74 Å². The van der Waals surface area contributed by atoms with E-state index in [0.29, 0.717) is 17.9 Å². The largest absolute Gasteiger partial charge is 0.379 e. The molecular formula is C13H23NO. The Balaban J connectivity index is 2.68. The van der Waals surface area contributed by atoms with Crippen molar-refractivity contribution in [2.45, 2.75) is 19.9 Å². The first-order valence-corrected chi connectivity index (χ1v) is 5.77. The fourth-order valence-corrected chi connectivity index (χ4v) is 2.30. The van der Waals surface area contributed by atoms with Gasteiger partial charge in [-0.15, -0.1) is 13.2 Å². The standard InChI is InChI=1S/C13H23NO/c1-5-11(3)13(12(4)6-2)14-7-9-15-10-8-14/h5-6,11-13H,1-2,7-10H2,3-4H3. The molecule has 2 nitrogen and oxygen atoms in total. The van der Waals surface area contributed by atoms with Gasteiger partial charge in [-0.3, -0.25) is 4.90 Å². The van der Waals surface area contributed by atoms with Crippen LogP contribution in [0.3, 0.4) is 0 Å². The Morgan fingerprint density at radius 3 is 1.93 bits per heavy atom. The highest BCUT2D eigenvalue weighted by molar-refractivity contribution is 4.96. The lowest BCUT2D eigenvalue weighted by Gasteiger charge is -2.39. The Bertz CT molecular complexity index is 195. The topological polar surface area (TPSA) is 12.5 Å². The van der Waals surface area contributed by atoms with E-state index < -0.39 is 0 Å². The van der Waals surface area contributed by atoms with Gasteiger partial charge in [0, 0.05) is 19.1 Å². The SMILES string of the molecule is C=CC(C)C(C(C)C=C)N1CCOCC1. The molecule has 1 aliphatic heterocycles. The van der Waals surface area contributed by atoms with Gasteiger partial charge in [-0.2, -0.15) is 0 Å². The van der Waals surface area contributed by atoms with Crippen molar-refractivity contribution >= 4 is 0 Å². The van der Waals surface area contributed by atoms with E-state index in [0.717, 1.165) is 26.3 Å². The molecule has 0 N–H and O–H groups in total. The highest BCUT2D eigenvalue weighted by Crippen LogP contribution is 2.22. The molecule has 0 saturated carbocycles. The van der Waals surface area contributed by atoms with E-state index in [9.17, 15) is 0 Å². The number of hydrogen-bond donors (Lipinski definition) is 0. The summed E-state index contributed by atoms with van der Waals surface area (Å²) in [5.41, 5.74) is 0. The summed E-state index contributed by atoms with van der Waals surface area (Å²) in [6.45, 7) is 16.0. The summed E-state index contributed by atoms with van der Waals surface area (Å²) >= 11 is 0. The van der Waals surface area contributed by atoms with Crippen molar-refractivity contribution in [1.29, 1.82) is 0 Å². The molecular weight excluding hydrogens is 186 g/mol. The first kappa shape index (κ1) is 12.5. The van der Waals surface area contributed by atoms with Crippen LogP contribution in [0.25, 0.3) is 0 Å². The van der Waals surface area contributed by atoms with Crippen molar-refractivity contribution in [3.05, 3.63) is 25.3 Å². The van der Waals surface area contributed by atoms with Gasteiger partial charge in [0.05, 0.1) is 13.2 Å². The molecule has 2 unspecified atom stereocenters. The molecule has 0 bridgehead atoms. The smallest absolute Gasteiger partial charge is 0.0594 e. The molecule has 0 aliphatic carbocycles. The zero-order valence-corrected chi connectivity index (χ0v) is 9.98. The molecule has 1 fully saturated rings. The number of ether oxygens (including phenoxy) is 1. The molecule has 1 aliphatic rings. The first-order valence-electron chi connectivity index (χ1n) is 5.77. The molecule has 2 atom stereocenters. The maximum atomic E-state index is 5.38. The average molecular weight is 209 g/mol. The van der Waals surface area contributed by atoms with Gasteiger partial charge in [0.1, 0.15) is 0 Å². The van der Waals surface area contributed by atoms with Gasteiger partial charge in [0.15, 0.2) is 0 Å². The summed E-state index contributed by atoms with van der Waals surface area (Å²) in [6, 6.07) is 0.518. The van der Waals surface area contributed by atoms with Crippen LogP contribution in [-0.2, 0) is 4.74 Å². The third-order valence-corrected chi connectivity index (χ3v) is 3.29. The van der Waals surface area contributed by atoms with Crippen molar-refractivity contribution in [2.75, 3.05) is 26.3 Å². The second-order valence-corrected chi connectivity index (χ2v) is 4.33. The van der Waals surface area contributed by atoms with Gasteiger partial charge in [0.2, 0.25) is 0 Å². The van der Waals surface area contributed by atoms with Crippen LogP contribution in [0.1, 0.15) is 13.8 Å². The van der Waals surface area contributed by atoms with Crippen LogP contribution in [0.15, 0.2) is 25.3 Å². The van der Waals surface area contributed by atoms with Crippen molar-refractivity contribution in [3.8, 4) is 0 Å². The molecule has 1 heterocycles. The lowest BCUT2D eigenvalue weighted by molar-refractivity contribution is 0.000349. The molecule has 86 valence electrons. The number of rotatable bonds is 5. The maximum absolute atomic E-state index is 5.38. The molecule has 1 rings (SSSR count). The number of morpholine rings is 1. The van der Waals surface area contributed by atoms with Crippen molar-refractivity contribution in [1.82, 2.24) is 4.90 Å². The Labute approximate surface area is 93.6 Å². The molecule has 0 aromatic rings. The summed E-state index contributed by atoms with van der Waals surface area (Å²) in [6.07, 6.45) is 4.08. The van der Waals surface area contributed by atoms with Crippen LogP contribution >= 0.6 is 0 Å². The van der Waals surface area contributed by atoms with E-state index in [2.05, 4.69) is 31.9 Å². The average Bonchev–Trinajstić information content (AvgIpc) is 2.30. The third-order valence-electron chi connectivity index (χ3n) is 3.29. The highest BCUT2D eigenvalue weighted by Gasteiger charge is 2.27. The monoisotopic (exact) mass is 209 g/mol. The summed E-state index contributed by atoms with van der Waals surface area (Å²) in [4.78, 5) is 2.50. The van der Waals surface area contributed by atoms with Crippen molar-refractivity contribution in [2.24, 2.45) is 11.8 Å². The van der Waals surface area contributed by atoms with Crippen LogP contribution < -0.4 is 0 Å². The molecule has 0 radical (unpaired) electrons. The first-order chi connectivity index (χ1) is 7.20. The van der Waals surface area contributed by atoms with E-state index in [4.69, 9.17) is 4.74 Å². The Morgan fingerprint density at radius 1 is 1.07 bits per heavy atom. The summed E-state index contributed by atoms with van der Waals surface area (Å²) < 4.78 is 5.38. The summed E-state index contributed by atoms with van der Waals surface area (Å²) in [5.74, 6) is 0.993. The normalized spacial score (nSPS) is 24.1. The van der Waals surface area contributed by atoms with E-state index in [-0.39, 0.29) is 0 Å². The molecule has 0 spiro atoms. The predicted molar refractivity (Wildman–Crippen MR) is 64.9 cm³/mol. The number of nitrogens with zero attached hydrogens (tertiary/aromatic N) is 1. The van der Waals surface area contributed by atoms with E-state index in [1.165, 1.54) is 0 Å². The summed E-state index contributed by atoms with van der Waals surface area (Å²) in [5, 5.41) is 0. The van der Waals surface area contributed by atoms with Gasteiger partial charge in [0.25, 0.3) is 0 Å². The minimum Gasteiger partial charge on any atom is -0.379 e. The summed E-state index contributed by atoms with van der Waals surface area (Å²) in [7, 11) is 0. The van der Waals surface area contributed by atoms with Crippen molar-refractivity contribution < 1.29 is 4.74 Å². The predicted octanol–water partition coefficient (Wildman–Crippen LogP) is 2.33. The van der Waals surface area contributed by atoms with Crippen molar-refractivity contribution in [3.63, 3.8) is 0 Å². The zero-order valence-electron chi connectivity index (χ0n) is 9.98. The molecule has 0 aromatic carbocycles. The second-order valence-electron chi connectivity index (χ2n) is 4.33. The lowest BCUT2D eigenvalue weighted by Crippen LogP contribution is -2.48. The zero-order chi connectivity index (χ0) is 11.3. The minimum atomic E-state index is 0.496. The van der Waals surface area contributed by atoms with E-state index in [1.54, 1.807) is 0 Å². The van der Waals surface area contributed by atoms with Gasteiger partial charge in [-0.1, -0.05) is 26.0 Å². The van der Waals surface area contributed by atoms with E-state index >= 15 is 0 Å². The molecule has 2 heteroatoms. The van der Waals surface area contributed by atoms with Crippen LogP contribution in [0.2, 0.25) is 0 Å². The highest BCUT2D eigenvalue weighted by atomic mass is 16.5. The quantitative estimate of drug-likeness (QED) is 0.644. The third kappa shape index (κ3) is 3.18. The van der Waals surface area contributed by atoms with Crippen LogP contribution in [0, 0.1) is 11.8 Å². The fraction of sp³-hybridized carbons (Fsp3) is 0.692. The second kappa shape index (κ2) is 6.09. The van der Waals surface area contributed by atoms with Crippen LogP contribution in [0.4, 0.5) is 0 Å². The lowest BCUT2D eigenvalue weighted by atomic mass is 9.89. The fourth-order valence-electron chi connectivity index (χ4n) is 2.30.